The number of alkyl halides is 1. The van der Waals surface area contributed by atoms with Crippen molar-refractivity contribution in [2.75, 3.05) is 0 Å². The van der Waals surface area contributed by atoms with Gasteiger partial charge >= 0.3 is 0 Å². The maximum Gasteiger partial charge on any atom is 0.258 e. The van der Waals surface area contributed by atoms with Gasteiger partial charge in [0.25, 0.3) is 5.56 Å². The third-order valence-corrected chi connectivity index (χ3v) is 4.91. The summed E-state index contributed by atoms with van der Waals surface area (Å²) < 4.78 is 35.4. The number of halogens is 2. The lowest BCUT2D eigenvalue weighted by molar-refractivity contribution is 0.305. The molecule has 154 valence electrons. The summed E-state index contributed by atoms with van der Waals surface area (Å²) in [5.41, 5.74) is 2.82. The molecule has 0 saturated carbocycles. The van der Waals surface area contributed by atoms with Gasteiger partial charge in [-0.1, -0.05) is 12.1 Å². The van der Waals surface area contributed by atoms with Crippen LogP contribution >= 0.6 is 0 Å². The second-order valence-electron chi connectivity index (χ2n) is 7.23. The van der Waals surface area contributed by atoms with E-state index >= 15 is 0 Å². The molecule has 1 atom stereocenters. The molecule has 7 heteroatoms. The van der Waals surface area contributed by atoms with E-state index in [0.29, 0.717) is 17.3 Å². The summed E-state index contributed by atoms with van der Waals surface area (Å²) in [6, 6.07) is 14.6. The fourth-order valence-corrected chi connectivity index (χ4v) is 3.32. The van der Waals surface area contributed by atoms with E-state index < -0.39 is 6.17 Å². The molecule has 0 aliphatic rings. The molecular weight excluding hydrogens is 388 g/mol. The Bertz CT molecular complexity index is 1240. The Kier molecular flexibility index (Phi) is 5.35. The van der Waals surface area contributed by atoms with Gasteiger partial charge in [-0.25, -0.2) is 13.8 Å². The van der Waals surface area contributed by atoms with Crippen molar-refractivity contribution in [3.8, 4) is 11.4 Å². The molecule has 0 bridgehead atoms. The van der Waals surface area contributed by atoms with Gasteiger partial charge in [0.05, 0.1) is 16.7 Å². The van der Waals surface area contributed by atoms with Crippen LogP contribution in [0.15, 0.2) is 65.6 Å². The van der Waals surface area contributed by atoms with Crippen molar-refractivity contribution in [3.63, 3.8) is 0 Å². The van der Waals surface area contributed by atoms with Crippen molar-refractivity contribution in [2.45, 2.75) is 26.1 Å². The Hall–Kier alpha value is -3.48. The molecule has 0 saturated heterocycles. The number of ether oxygens (including phenoxy) is 1. The van der Waals surface area contributed by atoms with Gasteiger partial charge in [-0.05, 0) is 48.9 Å². The van der Waals surface area contributed by atoms with Gasteiger partial charge in [-0.2, -0.15) is 0 Å². The fourth-order valence-electron chi connectivity index (χ4n) is 3.32. The minimum atomic E-state index is -0.981. The lowest BCUT2D eigenvalue weighted by Gasteiger charge is -2.10. The number of fused-ring (bicyclic) bond motifs is 1. The number of imidazole rings is 1. The molecule has 0 radical (unpaired) electrons. The number of rotatable bonds is 6. The van der Waals surface area contributed by atoms with Crippen LogP contribution in [0.1, 0.15) is 18.3 Å². The Morgan fingerprint density at radius 2 is 1.87 bits per heavy atom. The first-order valence-electron chi connectivity index (χ1n) is 9.60. The molecule has 2 heterocycles. The predicted octanol–water partition coefficient (Wildman–Crippen LogP) is 4.34. The lowest BCUT2D eigenvalue weighted by Crippen LogP contribution is -2.16. The van der Waals surface area contributed by atoms with Crippen LogP contribution in [0.3, 0.4) is 0 Å². The molecule has 0 fully saturated rings. The first-order chi connectivity index (χ1) is 14.4. The Balaban J connectivity index is 1.57. The largest absolute Gasteiger partial charge is 0.489 e. The van der Waals surface area contributed by atoms with Gasteiger partial charge in [0.1, 0.15) is 30.2 Å². The molecule has 2 aromatic heterocycles. The second-order valence-corrected chi connectivity index (χ2v) is 7.23. The molecule has 0 aliphatic heterocycles. The van der Waals surface area contributed by atoms with Crippen molar-refractivity contribution >= 4 is 11.0 Å². The van der Waals surface area contributed by atoms with E-state index in [2.05, 4.69) is 4.98 Å². The highest BCUT2D eigenvalue weighted by atomic mass is 19.1. The highest BCUT2D eigenvalue weighted by molar-refractivity contribution is 5.78. The molecular formula is C23H21F2N3O2. The number of nitrogens with zero attached hydrogens (tertiary/aromatic N) is 3. The van der Waals surface area contributed by atoms with Crippen LogP contribution in [-0.2, 0) is 20.1 Å². The van der Waals surface area contributed by atoms with Crippen LogP contribution in [-0.4, -0.2) is 20.3 Å². The van der Waals surface area contributed by atoms with Crippen molar-refractivity contribution in [3.05, 3.63) is 88.4 Å². The number of pyridine rings is 1. The molecule has 2 aromatic carbocycles. The summed E-state index contributed by atoms with van der Waals surface area (Å²) in [7, 11) is 1.84. The van der Waals surface area contributed by atoms with Gasteiger partial charge in [-0.3, -0.25) is 9.36 Å². The van der Waals surface area contributed by atoms with Crippen molar-refractivity contribution in [1.82, 2.24) is 14.1 Å². The fraction of sp³-hybridized carbons (Fsp3) is 0.217. The lowest BCUT2D eigenvalue weighted by atomic mass is 10.2. The summed E-state index contributed by atoms with van der Waals surface area (Å²) in [5, 5.41) is 0. The van der Waals surface area contributed by atoms with E-state index in [-0.39, 0.29) is 24.4 Å². The predicted molar refractivity (Wildman–Crippen MR) is 111 cm³/mol. The monoisotopic (exact) mass is 409 g/mol. The normalized spacial score (nSPS) is 12.3. The molecule has 4 aromatic rings. The number of aromatic nitrogens is 3. The maximum atomic E-state index is 13.4. The van der Waals surface area contributed by atoms with Crippen LogP contribution in [0.4, 0.5) is 8.78 Å². The second kappa shape index (κ2) is 8.10. The third-order valence-electron chi connectivity index (χ3n) is 4.91. The Morgan fingerprint density at radius 3 is 2.57 bits per heavy atom. The summed E-state index contributed by atoms with van der Waals surface area (Å²) in [6.45, 7) is 1.74. The summed E-state index contributed by atoms with van der Waals surface area (Å²) in [6.07, 6.45) is 0.898. The molecule has 4 rings (SSSR count). The number of hydrogen-bond donors (Lipinski definition) is 0. The third kappa shape index (κ3) is 4.10. The zero-order chi connectivity index (χ0) is 21.3. The summed E-state index contributed by atoms with van der Waals surface area (Å²) in [4.78, 5) is 17.1. The SMILES string of the molecule is CC(F)Cc1nc2ccc(-n3ccc(OCc4ccc(F)cc4)cc3=O)cc2n1C. The molecule has 0 spiro atoms. The van der Waals surface area contributed by atoms with Crippen LogP contribution in [0, 0.1) is 5.82 Å². The molecule has 0 N–H and O–H groups in total. The Morgan fingerprint density at radius 1 is 1.10 bits per heavy atom. The highest BCUT2D eigenvalue weighted by Gasteiger charge is 2.12. The topological polar surface area (TPSA) is 49.1 Å². The standard InChI is InChI=1S/C23H21F2N3O2/c1-15(24)11-22-26-20-8-7-18(12-21(20)27(22)2)28-10-9-19(13-23(28)29)30-14-16-3-5-17(25)6-4-16/h3-10,12-13,15H,11,14H2,1-2H3. The smallest absolute Gasteiger partial charge is 0.258 e. The first-order valence-corrected chi connectivity index (χ1v) is 9.60. The first kappa shape index (κ1) is 19.8. The van der Waals surface area contributed by atoms with Crippen LogP contribution < -0.4 is 10.3 Å². The molecule has 0 aliphatic carbocycles. The highest BCUT2D eigenvalue weighted by Crippen LogP contribution is 2.20. The van der Waals surface area contributed by atoms with E-state index in [1.807, 2.05) is 23.7 Å². The average molecular weight is 409 g/mol. The van der Waals surface area contributed by atoms with Gasteiger partial charge in [0.15, 0.2) is 0 Å². The zero-order valence-corrected chi connectivity index (χ0v) is 16.7. The summed E-state index contributed by atoms with van der Waals surface area (Å²) >= 11 is 0. The minimum Gasteiger partial charge on any atom is -0.489 e. The average Bonchev–Trinajstić information content (AvgIpc) is 3.02. The molecule has 1 unspecified atom stereocenters. The molecule has 5 nitrogen and oxygen atoms in total. The zero-order valence-electron chi connectivity index (χ0n) is 16.7. The van der Waals surface area contributed by atoms with E-state index in [1.165, 1.54) is 29.7 Å². The van der Waals surface area contributed by atoms with Crippen LogP contribution in [0.25, 0.3) is 16.7 Å². The van der Waals surface area contributed by atoms with Crippen molar-refractivity contribution in [1.29, 1.82) is 0 Å². The van der Waals surface area contributed by atoms with E-state index in [0.717, 1.165) is 16.6 Å². The van der Waals surface area contributed by atoms with Gasteiger partial charge in [0.2, 0.25) is 0 Å². The summed E-state index contributed by atoms with van der Waals surface area (Å²) in [5.74, 6) is 0.786. The Labute approximate surface area is 172 Å². The van der Waals surface area contributed by atoms with Crippen molar-refractivity contribution < 1.29 is 13.5 Å². The number of hydrogen-bond acceptors (Lipinski definition) is 3. The molecule has 0 amide bonds. The quantitative estimate of drug-likeness (QED) is 0.476. The van der Waals surface area contributed by atoms with Crippen LogP contribution in [0.2, 0.25) is 0 Å². The van der Waals surface area contributed by atoms with E-state index in [4.69, 9.17) is 4.74 Å². The van der Waals surface area contributed by atoms with Gasteiger partial charge in [0, 0.05) is 25.7 Å². The van der Waals surface area contributed by atoms with E-state index in [9.17, 15) is 13.6 Å². The number of benzene rings is 2. The van der Waals surface area contributed by atoms with Crippen molar-refractivity contribution in [2.24, 2.45) is 7.05 Å². The van der Waals surface area contributed by atoms with E-state index in [1.54, 1.807) is 30.5 Å². The minimum absolute atomic E-state index is 0.237. The molecule has 30 heavy (non-hydrogen) atoms. The van der Waals surface area contributed by atoms with Gasteiger partial charge in [-0.15, -0.1) is 0 Å². The number of aryl methyl sites for hydroxylation is 1. The maximum absolute atomic E-state index is 13.4. The van der Waals surface area contributed by atoms with Gasteiger partial charge < -0.3 is 9.30 Å². The van der Waals surface area contributed by atoms with Crippen LogP contribution in [0.5, 0.6) is 5.75 Å².